The Balaban J connectivity index is 1.70. The molecule has 0 aromatic rings. The number of ketones is 1. The van der Waals surface area contributed by atoms with Gasteiger partial charge in [0, 0.05) is 17.3 Å². The zero-order valence-electron chi connectivity index (χ0n) is 21.7. The van der Waals surface area contributed by atoms with Crippen LogP contribution < -0.4 is 0 Å². The van der Waals surface area contributed by atoms with Crippen LogP contribution in [-0.2, 0) is 4.79 Å². The molecule has 8 heteroatoms. The number of carbonyl (C=O) groups excluding carboxylic acids is 1. The van der Waals surface area contributed by atoms with Gasteiger partial charge < -0.3 is 35.7 Å². The predicted octanol–water partition coefficient (Wildman–Crippen LogP) is 0.969. The van der Waals surface area contributed by atoms with Crippen LogP contribution in [0.1, 0.15) is 86.0 Å². The van der Waals surface area contributed by atoms with Crippen molar-refractivity contribution in [3.8, 4) is 0 Å². The Kier molecular flexibility index (Phi) is 6.26. The van der Waals surface area contributed by atoms with Crippen molar-refractivity contribution in [2.24, 2.45) is 22.7 Å². The van der Waals surface area contributed by atoms with Gasteiger partial charge in [0.25, 0.3) is 0 Å². The van der Waals surface area contributed by atoms with Gasteiger partial charge >= 0.3 is 0 Å². The molecule has 200 valence electrons. The average molecular weight is 497 g/mol. The molecular weight excluding hydrogens is 452 g/mol. The van der Waals surface area contributed by atoms with Crippen molar-refractivity contribution in [3.05, 3.63) is 11.6 Å². The summed E-state index contributed by atoms with van der Waals surface area (Å²) in [5, 5.41) is 77.0. The van der Waals surface area contributed by atoms with E-state index in [-0.39, 0.29) is 25.2 Å². The molecule has 0 spiro atoms. The minimum Gasteiger partial charge on any atom is -0.390 e. The predicted molar refractivity (Wildman–Crippen MR) is 128 cm³/mol. The zero-order valence-corrected chi connectivity index (χ0v) is 21.7. The summed E-state index contributed by atoms with van der Waals surface area (Å²) in [6, 6.07) is 0. The van der Waals surface area contributed by atoms with Crippen LogP contribution in [0.4, 0.5) is 0 Å². The standard InChI is InChI=1S/C27H44O8/c1-22(2,32)9-8-20(30)25(5,33)19-7-11-26(34)16-12-21(31)27(35)14-18(29)17(28)13-24(27,4)15(16)6-10-23(19,26)3/h12,15,17-20,28-30,32-35H,6-11,13-14H2,1-5H3/t15-,17-,18+,19-,20+,23+,24+,25+,26+,27+/m0/s1. The number of carbonyl (C=O) groups is 1. The Morgan fingerprint density at radius 1 is 0.971 bits per heavy atom. The van der Waals surface area contributed by atoms with Crippen LogP contribution in [0.15, 0.2) is 11.6 Å². The van der Waals surface area contributed by atoms with Crippen molar-refractivity contribution < 1.29 is 40.5 Å². The molecule has 0 radical (unpaired) electrons. The molecule has 0 heterocycles. The second-order valence-electron chi connectivity index (χ2n) is 13.3. The molecule has 4 aliphatic rings. The fourth-order valence-electron chi connectivity index (χ4n) is 8.31. The molecule has 0 aromatic carbocycles. The lowest BCUT2D eigenvalue weighted by Crippen LogP contribution is -2.69. The summed E-state index contributed by atoms with van der Waals surface area (Å²) in [5.41, 5.74) is -7.07. The smallest absolute Gasteiger partial charge is 0.187 e. The Morgan fingerprint density at radius 2 is 1.57 bits per heavy atom. The number of aliphatic hydroxyl groups excluding tert-OH is 3. The number of hydrogen-bond donors (Lipinski definition) is 7. The highest BCUT2D eigenvalue weighted by molar-refractivity contribution is 6.00. The van der Waals surface area contributed by atoms with E-state index in [4.69, 9.17) is 0 Å². The van der Waals surface area contributed by atoms with Crippen molar-refractivity contribution in [3.63, 3.8) is 0 Å². The summed E-state index contributed by atoms with van der Waals surface area (Å²) in [6.07, 6.45) is 0.0884. The first-order valence-corrected chi connectivity index (χ1v) is 13.0. The second-order valence-corrected chi connectivity index (χ2v) is 13.3. The lowest BCUT2D eigenvalue weighted by Gasteiger charge is -2.62. The van der Waals surface area contributed by atoms with E-state index < -0.39 is 63.2 Å². The normalized spacial score (nSPS) is 48.3. The Bertz CT molecular complexity index is 907. The highest BCUT2D eigenvalue weighted by Gasteiger charge is 2.71. The van der Waals surface area contributed by atoms with Crippen LogP contribution >= 0.6 is 0 Å². The summed E-state index contributed by atoms with van der Waals surface area (Å²) < 4.78 is 0. The molecule has 4 aliphatic carbocycles. The van der Waals surface area contributed by atoms with Crippen molar-refractivity contribution in [2.75, 3.05) is 0 Å². The molecular formula is C27H44O8. The van der Waals surface area contributed by atoms with Gasteiger partial charge in [-0.15, -0.1) is 0 Å². The Morgan fingerprint density at radius 3 is 2.17 bits per heavy atom. The molecule has 3 fully saturated rings. The molecule has 35 heavy (non-hydrogen) atoms. The van der Waals surface area contributed by atoms with Gasteiger partial charge in [0.15, 0.2) is 5.78 Å². The summed E-state index contributed by atoms with van der Waals surface area (Å²) in [4.78, 5) is 13.3. The molecule has 0 aliphatic heterocycles. The summed E-state index contributed by atoms with van der Waals surface area (Å²) in [7, 11) is 0. The molecule has 0 amide bonds. The third-order valence-corrected chi connectivity index (χ3v) is 10.7. The first-order chi connectivity index (χ1) is 15.8. The maximum absolute atomic E-state index is 13.3. The van der Waals surface area contributed by atoms with Gasteiger partial charge in [-0.3, -0.25) is 4.79 Å². The summed E-state index contributed by atoms with van der Waals surface area (Å²) >= 11 is 0. The van der Waals surface area contributed by atoms with E-state index in [0.717, 1.165) is 0 Å². The van der Waals surface area contributed by atoms with Crippen molar-refractivity contribution in [1.29, 1.82) is 0 Å². The number of rotatable bonds is 5. The first kappa shape index (κ1) is 27.2. The molecule has 0 unspecified atom stereocenters. The third-order valence-electron chi connectivity index (χ3n) is 10.7. The van der Waals surface area contributed by atoms with Gasteiger partial charge in [-0.2, -0.15) is 0 Å². The van der Waals surface area contributed by atoms with Gasteiger partial charge in [-0.25, -0.2) is 0 Å². The first-order valence-electron chi connectivity index (χ1n) is 13.0. The molecule has 4 rings (SSSR count). The molecule has 10 atom stereocenters. The minimum atomic E-state index is -1.82. The molecule has 0 saturated heterocycles. The van der Waals surface area contributed by atoms with Gasteiger partial charge in [0.05, 0.1) is 35.1 Å². The van der Waals surface area contributed by atoms with Gasteiger partial charge in [-0.1, -0.05) is 13.8 Å². The number of aliphatic hydroxyl groups is 7. The largest absolute Gasteiger partial charge is 0.390 e. The fourth-order valence-corrected chi connectivity index (χ4v) is 8.31. The monoisotopic (exact) mass is 496 g/mol. The minimum absolute atomic E-state index is 0.0437. The van der Waals surface area contributed by atoms with E-state index in [1.54, 1.807) is 27.7 Å². The summed E-state index contributed by atoms with van der Waals surface area (Å²) in [5.74, 6) is -1.38. The van der Waals surface area contributed by atoms with Crippen molar-refractivity contribution >= 4 is 5.78 Å². The number of hydrogen-bond acceptors (Lipinski definition) is 8. The third kappa shape index (κ3) is 3.70. The van der Waals surface area contributed by atoms with Crippen LogP contribution in [0.25, 0.3) is 0 Å². The van der Waals surface area contributed by atoms with Crippen LogP contribution in [0, 0.1) is 22.7 Å². The van der Waals surface area contributed by atoms with E-state index in [1.165, 1.54) is 6.08 Å². The van der Waals surface area contributed by atoms with E-state index in [9.17, 15) is 40.5 Å². The molecule has 8 nitrogen and oxygen atoms in total. The van der Waals surface area contributed by atoms with Crippen LogP contribution in [0.2, 0.25) is 0 Å². The molecule has 0 bridgehead atoms. The highest BCUT2D eigenvalue weighted by Crippen LogP contribution is 2.69. The van der Waals surface area contributed by atoms with Crippen molar-refractivity contribution in [1.82, 2.24) is 0 Å². The Hall–Kier alpha value is -0.870. The second kappa shape index (κ2) is 8.06. The van der Waals surface area contributed by atoms with Crippen molar-refractivity contribution in [2.45, 2.75) is 127 Å². The van der Waals surface area contributed by atoms with Gasteiger partial charge in [-0.05, 0) is 89.2 Å². The van der Waals surface area contributed by atoms with Crippen LogP contribution in [0.3, 0.4) is 0 Å². The molecule has 0 aromatic heterocycles. The lowest BCUT2D eigenvalue weighted by molar-refractivity contribution is -0.211. The van der Waals surface area contributed by atoms with E-state index in [2.05, 4.69) is 0 Å². The number of fused-ring (bicyclic) bond motifs is 5. The van der Waals surface area contributed by atoms with E-state index in [0.29, 0.717) is 37.7 Å². The quantitative estimate of drug-likeness (QED) is 0.297. The Labute approximate surface area is 207 Å². The zero-order chi connectivity index (χ0) is 26.4. The van der Waals surface area contributed by atoms with Gasteiger partial charge in [0.2, 0.25) is 0 Å². The maximum Gasteiger partial charge on any atom is 0.187 e. The molecule has 7 N–H and O–H groups in total. The van der Waals surface area contributed by atoms with Crippen LogP contribution in [0.5, 0.6) is 0 Å². The fraction of sp³-hybridized carbons (Fsp3) is 0.889. The summed E-state index contributed by atoms with van der Waals surface area (Å²) in [6.45, 7) is 8.58. The highest BCUT2D eigenvalue weighted by atomic mass is 16.3. The van der Waals surface area contributed by atoms with E-state index >= 15 is 0 Å². The van der Waals surface area contributed by atoms with Gasteiger partial charge in [0.1, 0.15) is 5.60 Å². The molecule has 3 saturated carbocycles. The lowest BCUT2D eigenvalue weighted by atomic mass is 9.44. The average Bonchev–Trinajstić information content (AvgIpc) is 3.01. The van der Waals surface area contributed by atoms with E-state index in [1.807, 2.05) is 6.92 Å². The van der Waals surface area contributed by atoms with Crippen LogP contribution in [-0.4, -0.2) is 82.2 Å². The maximum atomic E-state index is 13.3. The SMILES string of the molecule is CC(C)(O)CC[C@@H](O)[C@](C)(O)[C@H]1CC[C@@]2(O)C3=CC(=O)[C@]4(O)C[C@@H](O)[C@@H](O)C[C@]4(C)[C@H]3CC[C@]12C. The topological polar surface area (TPSA) is 159 Å².